The molecule has 0 aromatic heterocycles. The first kappa shape index (κ1) is 12.7. The molecule has 1 aliphatic carbocycles. The molecule has 1 aliphatic rings. The zero-order chi connectivity index (χ0) is 12.8. The highest BCUT2D eigenvalue weighted by atomic mass is 14.4. The van der Waals surface area contributed by atoms with E-state index in [0.717, 1.165) is 6.42 Å². The third-order valence-electron chi connectivity index (χ3n) is 4.69. The first-order valence-electron chi connectivity index (χ1n) is 6.92. The van der Waals surface area contributed by atoms with Crippen LogP contribution in [0.1, 0.15) is 69.7 Å². The first-order valence-corrected chi connectivity index (χ1v) is 6.92. The zero-order valence-electron chi connectivity index (χ0n) is 12.3. The Kier molecular flexibility index (Phi) is 2.88. The Labute approximate surface area is 106 Å². The van der Waals surface area contributed by atoms with Crippen LogP contribution in [0, 0.1) is 6.92 Å². The minimum atomic E-state index is 0.349. The Morgan fingerprint density at radius 3 is 1.88 bits per heavy atom. The van der Waals surface area contributed by atoms with E-state index in [1.54, 1.807) is 11.1 Å². The van der Waals surface area contributed by atoms with Crippen LogP contribution in [0.25, 0.3) is 0 Å². The van der Waals surface area contributed by atoms with Crippen molar-refractivity contribution < 1.29 is 0 Å². The molecule has 0 amide bonds. The maximum absolute atomic E-state index is 2.48. The molecule has 0 aliphatic heterocycles. The lowest BCUT2D eigenvalue weighted by molar-refractivity contribution is 0.331. The zero-order valence-corrected chi connectivity index (χ0v) is 12.3. The van der Waals surface area contributed by atoms with Crippen molar-refractivity contribution in [3.63, 3.8) is 0 Å². The van der Waals surface area contributed by atoms with Gasteiger partial charge in [-0.25, -0.2) is 0 Å². The normalized spacial score (nSPS) is 21.1. The molecule has 0 atom stereocenters. The number of hydrogen-bond donors (Lipinski definition) is 0. The minimum absolute atomic E-state index is 0.349. The maximum atomic E-state index is 2.48. The van der Waals surface area contributed by atoms with Crippen molar-refractivity contribution in [2.45, 2.75) is 71.6 Å². The molecule has 2 rings (SSSR count). The van der Waals surface area contributed by atoms with Gasteiger partial charge in [0.15, 0.2) is 0 Å². The molecule has 0 saturated carbocycles. The van der Waals surface area contributed by atoms with Gasteiger partial charge >= 0.3 is 0 Å². The highest BCUT2D eigenvalue weighted by Gasteiger charge is 2.37. The van der Waals surface area contributed by atoms with Crippen molar-refractivity contribution in [2.24, 2.45) is 0 Å². The molecule has 0 spiro atoms. The molecule has 0 heterocycles. The van der Waals surface area contributed by atoms with Crippen molar-refractivity contribution in [1.82, 2.24) is 0 Å². The monoisotopic (exact) mass is 230 g/mol. The highest BCUT2D eigenvalue weighted by Crippen LogP contribution is 2.46. The summed E-state index contributed by atoms with van der Waals surface area (Å²) in [5, 5.41) is 0. The fourth-order valence-corrected chi connectivity index (χ4v) is 3.15. The molecule has 0 bridgehead atoms. The molecule has 0 heteroatoms. The Morgan fingerprint density at radius 2 is 1.41 bits per heavy atom. The van der Waals surface area contributed by atoms with Gasteiger partial charge in [0, 0.05) is 0 Å². The third kappa shape index (κ3) is 2.03. The molecule has 1 aromatic carbocycles. The summed E-state index contributed by atoms with van der Waals surface area (Å²) in [6.07, 6.45) is 3.76. The van der Waals surface area contributed by atoms with Crippen molar-refractivity contribution in [1.29, 1.82) is 0 Å². The fourth-order valence-electron chi connectivity index (χ4n) is 3.15. The quantitative estimate of drug-likeness (QED) is 0.643. The van der Waals surface area contributed by atoms with E-state index in [1.807, 2.05) is 0 Å². The highest BCUT2D eigenvalue weighted by molar-refractivity contribution is 5.46. The number of aryl methyl sites for hydroxylation is 2. The van der Waals surface area contributed by atoms with Crippen LogP contribution in [0.15, 0.2) is 12.1 Å². The van der Waals surface area contributed by atoms with Gasteiger partial charge in [-0.15, -0.1) is 0 Å². The van der Waals surface area contributed by atoms with E-state index < -0.39 is 0 Å². The molecule has 17 heavy (non-hydrogen) atoms. The summed E-state index contributed by atoms with van der Waals surface area (Å²) in [5.41, 5.74) is 6.87. The lowest BCUT2D eigenvalue weighted by Gasteiger charge is -2.42. The van der Waals surface area contributed by atoms with Crippen LogP contribution in [0.4, 0.5) is 0 Å². The van der Waals surface area contributed by atoms with Crippen molar-refractivity contribution in [2.75, 3.05) is 0 Å². The Bertz CT molecular complexity index is 436. The van der Waals surface area contributed by atoms with Crippen LogP contribution in [0.5, 0.6) is 0 Å². The van der Waals surface area contributed by atoms with E-state index >= 15 is 0 Å². The van der Waals surface area contributed by atoms with E-state index in [4.69, 9.17) is 0 Å². The summed E-state index contributed by atoms with van der Waals surface area (Å²) >= 11 is 0. The van der Waals surface area contributed by atoms with Crippen LogP contribution < -0.4 is 0 Å². The average Bonchev–Trinajstić information content (AvgIpc) is 2.24. The van der Waals surface area contributed by atoms with Crippen molar-refractivity contribution in [3.8, 4) is 0 Å². The third-order valence-corrected chi connectivity index (χ3v) is 4.69. The second-order valence-corrected chi connectivity index (χ2v) is 6.95. The molecular formula is C17H26. The summed E-state index contributed by atoms with van der Waals surface area (Å²) in [6, 6.07) is 4.93. The summed E-state index contributed by atoms with van der Waals surface area (Å²) < 4.78 is 0. The molecule has 94 valence electrons. The van der Waals surface area contributed by atoms with Crippen LogP contribution in [-0.2, 0) is 17.3 Å². The number of benzene rings is 1. The summed E-state index contributed by atoms with van der Waals surface area (Å²) in [7, 11) is 0. The maximum Gasteiger partial charge on any atom is -0.0100 e. The van der Waals surface area contributed by atoms with Gasteiger partial charge in [-0.1, -0.05) is 46.8 Å². The largest absolute Gasteiger partial charge is 0.0613 e. The molecule has 0 radical (unpaired) electrons. The Hall–Kier alpha value is -0.780. The van der Waals surface area contributed by atoms with Gasteiger partial charge in [-0.2, -0.15) is 0 Å². The second-order valence-electron chi connectivity index (χ2n) is 6.95. The van der Waals surface area contributed by atoms with E-state index in [2.05, 4.69) is 53.7 Å². The Morgan fingerprint density at radius 1 is 0.941 bits per heavy atom. The SMILES string of the molecule is CCc1cc2c(cc1C)C(C)(C)CCC2(C)C. The minimum Gasteiger partial charge on any atom is -0.0613 e. The van der Waals surface area contributed by atoms with Crippen molar-refractivity contribution in [3.05, 3.63) is 34.4 Å². The van der Waals surface area contributed by atoms with Gasteiger partial charge in [0.2, 0.25) is 0 Å². The first-order chi connectivity index (χ1) is 7.78. The predicted molar refractivity (Wildman–Crippen MR) is 75.8 cm³/mol. The van der Waals surface area contributed by atoms with Crippen LogP contribution in [0.3, 0.4) is 0 Å². The van der Waals surface area contributed by atoms with E-state index in [-0.39, 0.29) is 0 Å². The van der Waals surface area contributed by atoms with Gasteiger partial charge in [0.05, 0.1) is 0 Å². The number of fused-ring (bicyclic) bond motifs is 1. The van der Waals surface area contributed by atoms with Gasteiger partial charge in [0.1, 0.15) is 0 Å². The molecule has 0 nitrogen and oxygen atoms in total. The molecule has 0 unspecified atom stereocenters. The Balaban J connectivity index is 2.68. The van der Waals surface area contributed by atoms with Crippen LogP contribution >= 0.6 is 0 Å². The number of hydrogen-bond acceptors (Lipinski definition) is 0. The predicted octanol–water partition coefficient (Wildman–Crippen LogP) is 4.91. The standard InChI is InChI=1S/C17H26/c1-7-13-11-15-14(10-12(13)2)16(3,4)8-9-17(15,5)6/h10-11H,7-9H2,1-6H3. The molecule has 0 N–H and O–H groups in total. The molecular weight excluding hydrogens is 204 g/mol. The molecule has 1 aromatic rings. The molecule has 0 saturated heterocycles. The van der Waals surface area contributed by atoms with E-state index in [9.17, 15) is 0 Å². The molecule has 0 fully saturated rings. The lowest BCUT2D eigenvalue weighted by atomic mass is 9.62. The van der Waals surface area contributed by atoms with Gasteiger partial charge in [-0.3, -0.25) is 0 Å². The van der Waals surface area contributed by atoms with Crippen molar-refractivity contribution >= 4 is 0 Å². The average molecular weight is 230 g/mol. The summed E-state index contributed by atoms with van der Waals surface area (Å²) in [4.78, 5) is 0. The smallest absolute Gasteiger partial charge is 0.0100 e. The van der Waals surface area contributed by atoms with Gasteiger partial charge in [-0.05, 0) is 59.3 Å². The fraction of sp³-hybridized carbons (Fsp3) is 0.647. The van der Waals surface area contributed by atoms with Gasteiger partial charge in [0.25, 0.3) is 0 Å². The number of rotatable bonds is 1. The van der Waals surface area contributed by atoms with E-state index in [0.29, 0.717) is 10.8 Å². The van der Waals surface area contributed by atoms with Crippen LogP contribution in [-0.4, -0.2) is 0 Å². The second kappa shape index (κ2) is 3.86. The lowest BCUT2D eigenvalue weighted by Crippen LogP contribution is -2.34. The van der Waals surface area contributed by atoms with Gasteiger partial charge < -0.3 is 0 Å². The summed E-state index contributed by atoms with van der Waals surface area (Å²) in [6.45, 7) is 14.1. The topological polar surface area (TPSA) is 0 Å². The summed E-state index contributed by atoms with van der Waals surface area (Å²) in [5.74, 6) is 0. The van der Waals surface area contributed by atoms with E-state index in [1.165, 1.54) is 24.0 Å². The van der Waals surface area contributed by atoms with Crippen LogP contribution in [0.2, 0.25) is 0 Å².